The van der Waals surface area contributed by atoms with E-state index in [4.69, 9.17) is 5.73 Å². The number of nitrogens with one attached hydrogen (secondary N) is 1. The lowest BCUT2D eigenvalue weighted by Gasteiger charge is -2.12. The predicted octanol–water partition coefficient (Wildman–Crippen LogP) is 3.02. The van der Waals surface area contributed by atoms with Crippen LogP contribution in [-0.4, -0.2) is 12.5 Å². The average Bonchev–Trinajstić information content (AvgIpc) is 3.01. The molecule has 1 heterocycles. The van der Waals surface area contributed by atoms with Crippen molar-refractivity contribution in [3.63, 3.8) is 0 Å². The summed E-state index contributed by atoms with van der Waals surface area (Å²) in [5, 5.41) is 3.44. The van der Waals surface area contributed by atoms with Crippen LogP contribution in [0.3, 0.4) is 0 Å². The zero-order chi connectivity index (χ0) is 14.8. The molecule has 1 atom stereocenters. The molecule has 1 saturated heterocycles. The lowest BCUT2D eigenvalue weighted by Crippen LogP contribution is -2.15. The minimum Gasteiger partial charge on any atom is -0.365 e. The van der Waals surface area contributed by atoms with E-state index in [1.807, 2.05) is 24.3 Å². The SMILES string of the molecule is NC(=O)c1c(F)cccc1-c1ccc([C@@H]2CCCN2)cc1. The van der Waals surface area contributed by atoms with E-state index in [1.165, 1.54) is 18.1 Å². The summed E-state index contributed by atoms with van der Waals surface area (Å²) in [6.07, 6.45) is 2.31. The van der Waals surface area contributed by atoms with Gasteiger partial charge in [0, 0.05) is 6.04 Å². The molecule has 3 nitrogen and oxygen atoms in total. The van der Waals surface area contributed by atoms with E-state index in [1.54, 1.807) is 12.1 Å². The first-order valence-corrected chi connectivity index (χ1v) is 7.09. The topological polar surface area (TPSA) is 55.1 Å². The maximum Gasteiger partial charge on any atom is 0.252 e. The van der Waals surface area contributed by atoms with Gasteiger partial charge in [-0.25, -0.2) is 4.39 Å². The van der Waals surface area contributed by atoms with Gasteiger partial charge in [-0.3, -0.25) is 4.79 Å². The first kappa shape index (κ1) is 13.8. The van der Waals surface area contributed by atoms with Crippen LogP contribution in [-0.2, 0) is 0 Å². The smallest absolute Gasteiger partial charge is 0.252 e. The number of hydrogen-bond acceptors (Lipinski definition) is 2. The third kappa shape index (κ3) is 2.67. The van der Waals surface area contributed by atoms with Crippen molar-refractivity contribution in [3.05, 3.63) is 59.4 Å². The number of hydrogen-bond donors (Lipinski definition) is 2. The molecule has 0 saturated carbocycles. The van der Waals surface area contributed by atoms with Crippen molar-refractivity contribution >= 4 is 5.91 Å². The quantitative estimate of drug-likeness (QED) is 0.910. The summed E-state index contributed by atoms with van der Waals surface area (Å²) in [6, 6.07) is 12.8. The second-order valence-corrected chi connectivity index (χ2v) is 5.30. The summed E-state index contributed by atoms with van der Waals surface area (Å²) in [5.74, 6) is -1.33. The van der Waals surface area contributed by atoms with Crippen LogP contribution >= 0.6 is 0 Å². The Balaban J connectivity index is 1.97. The predicted molar refractivity (Wildman–Crippen MR) is 80.3 cm³/mol. The summed E-state index contributed by atoms with van der Waals surface area (Å²) in [4.78, 5) is 11.5. The zero-order valence-electron chi connectivity index (χ0n) is 11.6. The van der Waals surface area contributed by atoms with E-state index in [2.05, 4.69) is 5.32 Å². The van der Waals surface area contributed by atoms with Gasteiger partial charge >= 0.3 is 0 Å². The van der Waals surface area contributed by atoms with Gasteiger partial charge in [0.25, 0.3) is 5.91 Å². The monoisotopic (exact) mass is 284 g/mol. The van der Waals surface area contributed by atoms with E-state index in [9.17, 15) is 9.18 Å². The highest BCUT2D eigenvalue weighted by Crippen LogP contribution is 2.29. The normalized spacial score (nSPS) is 17.9. The first-order chi connectivity index (χ1) is 10.2. The lowest BCUT2D eigenvalue weighted by molar-refractivity contribution is 0.0997. The first-order valence-electron chi connectivity index (χ1n) is 7.09. The Labute approximate surface area is 123 Å². The van der Waals surface area contributed by atoms with Gasteiger partial charge in [-0.05, 0) is 42.1 Å². The third-order valence-electron chi connectivity index (χ3n) is 3.94. The molecule has 1 fully saturated rings. The molecule has 2 aromatic carbocycles. The van der Waals surface area contributed by atoms with Crippen LogP contribution in [0.4, 0.5) is 4.39 Å². The summed E-state index contributed by atoms with van der Waals surface area (Å²) >= 11 is 0. The highest BCUT2D eigenvalue weighted by atomic mass is 19.1. The summed E-state index contributed by atoms with van der Waals surface area (Å²) in [7, 11) is 0. The number of benzene rings is 2. The average molecular weight is 284 g/mol. The largest absolute Gasteiger partial charge is 0.365 e. The number of amides is 1. The van der Waals surface area contributed by atoms with E-state index < -0.39 is 11.7 Å². The van der Waals surface area contributed by atoms with Gasteiger partial charge in [-0.2, -0.15) is 0 Å². The van der Waals surface area contributed by atoms with Gasteiger partial charge < -0.3 is 11.1 Å². The minimum absolute atomic E-state index is 0.0516. The molecule has 0 unspecified atom stereocenters. The molecular formula is C17H17FN2O. The number of carbonyl (C=O) groups excluding carboxylic acids is 1. The number of halogens is 1. The van der Waals surface area contributed by atoms with Gasteiger partial charge in [0.05, 0.1) is 5.56 Å². The summed E-state index contributed by atoms with van der Waals surface area (Å²) in [6.45, 7) is 1.04. The molecule has 0 radical (unpaired) electrons. The van der Waals surface area contributed by atoms with Crippen molar-refractivity contribution in [2.75, 3.05) is 6.54 Å². The number of rotatable bonds is 3. The Kier molecular flexibility index (Phi) is 3.71. The molecule has 4 heteroatoms. The van der Waals surface area contributed by atoms with Crippen molar-refractivity contribution in [1.29, 1.82) is 0 Å². The molecule has 108 valence electrons. The van der Waals surface area contributed by atoms with Gasteiger partial charge in [-0.1, -0.05) is 36.4 Å². The lowest BCUT2D eigenvalue weighted by atomic mass is 9.96. The Morgan fingerprint density at radius 3 is 2.57 bits per heavy atom. The van der Waals surface area contributed by atoms with E-state index in [-0.39, 0.29) is 5.56 Å². The van der Waals surface area contributed by atoms with Crippen LogP contribution in [0.1, 0.15) is 34.8 Å². The van der Waals surface area contributed by atoms with Gasteiger partial charge in [-0.15, -0.1) is 0 Å². The maximum atomic E-state index is 13.8. The molecule has 0 spiro atoms. The Bertz CT molecular complexity index is 661. The molecule has 3 N–H and O–H groups in total. The van der Waals surface area contributed by atoms with Crippen LogP contribution in [0.5, 0.6) is 0 Å². The third-order valence-corrected chi connectivity index (χ3v) is 3.94. The fraction of sp³-hybridized carbons (Fsp3) is 0.235. The van der Waals surface area contributed by atoms with Crippen LogP contribution in [0.2, 0.25) is 0 Å². The molecule has 1 aliphatic heterocycles. The van der Waals surface area contributed by atoms with Crippen LogP contribution in [0, 0.1) is 5.82 Å². The Morgan fingerprint density at radius 1 is 1.19 bits per heavy atom. The Hall–Kier alpha value is -2.20. The number of primary amides is 1. The van der Waals surface area contributed by atoms with Gasteiger partial charge in [0.15, 0.2) is 0 Å². The second-order valence-electron chi connectivity index (χ2n) is 5.30. The number of nitrogens with two attached hydrogens (primary N) is 1. The Morgan fingerprint density at radius 2 is 1.95 bits per heavy atom. The standard InChI is InChI=1S/C17H17FN2O/c18-14-4-1-3-13(16(14)17(19)21)11-6-8-12(9-7-11)15-5-2-10-20-15/h1,3-4,6-9,15,20H,2,5,10H2,(H2,19,21)/t15-/m0/s1. The molecule has 1 amide bonds. The fourth-order valence-corrected chi connectivity index (χ4v) is 2.88. The molecule has 0 aromatic heterocycles. The van der Waals surface area contributed by atoms with E-state index in [0.29, 0.717) is 11.6 Å². The van der Waals surface area contributed by atoms with Crippen molar-refractivity contribution in [3.8, 4) is 11.1 Å². The fourth-order valence-electron chi connectivity index (χ4n) is 2.88. The number of carbonyl (C=O) groups is 1. The van der Waals surface area contributed by atoms with Gasteiger partial charge in [0.2, 0.25) is 0 Å². The second kappa shape index (κ2) is 5.66. The molecule has 0 aliphatic carbocycles. The zero-order valence-corrected chi connectivity index (χ0v) is 11.6. The molecule has 0 bridgehead atoms. The highest BCUT2D eigenvalue weighted by molar-refractivity contribution is 6.00. The molecule has 2 aromatic rings. The molecule has 3 rings (SSSR count). The summed E-state index contributed by atoms with van der Waals surface area (Å²) in [5.41, 5.74) is 7.79. The van der Waals surface area contributed by atoms with Crippen molar-refractivity contribution in [2.45, 2.75) is 18.9 Å². The van der Waals surface area contributed by atoms with Crippen molar-refractivity contribution in [1.82, 2.24) is 5.32 Å². The highest BCUT2D eigenvalue weighted by Gasteiger charge is 2.18. The van der Waals surface area contributed by atoms with Crippen LogP contribution in [0.25, 0.3) is 11.1 Å². The van der Waals surface area contributed by atoms with Crippen molar-refractivity contribution in [2.24, 2.45) is 5.73 Å². The van der Waals surface area contributed by atoms with Crippen molar-refractivity contribution < 1.29 is 9.18 Å². The van der Waals surface area contributed by atoms with E-state index >= 15 is 0 Å². The summed E-state index contributed by atoms with van der Waals surface area (Å²) < 4.78 is 13.8. The molecular weight excluding hydrogens is 267 g/mol. The molecule has 1 aliphatic rings. The van der Waals surface area contributed by atoms with Crippen LogP contribution < -0.4 is 11.1 Å². The van der Waals surface area contributed by atoms with Crippen LogP contribution in [0.15, 0.2) is 42.5 Å². The molecule has 21 heavy (non-hydrogen) atoms. The maximum absolute atomic E-state index is 13.8. The van der Waals surface area contributed by atoms with Gasteiger partial charge in [0.1, 0.15) is 5.82 Å². The van der Waals surface area contributed by atoms with E-state index in [0.717, 1.165) is 18.5 Å². The minimum atomic E-state index is -0.746.